The number of nitrogens with zero attached hydrogens (tertiary/aromatic N) is 3. The number of rotatable bonds is 9. The highest BCUT2D eigenvalue weighted by Gasteiger charge is 2.74. The molecule has 13 heteroatoms. The maximum Gasteiger partial charge on any atom is 0.324 e. The maximum atomic E-state index is 16.2. The Kier molecular flexibility index (Phi) is 12.1. The fraction of sp³-hybridized carbons (Fsp3) is 0.375. The second-order valence-electron chi connectivity index (χ2n) is 19.1. The summed E-state index contributed by atoms with van der Waals surface area (Å²) in [4.78, 5) is 53.7. The van der Waals surface area contributed by atoms with Crippen LogP contribution in [0.5, 0.6) is 17.2 Å². The number of anilines is 1. The van der Waals surface area contributed by atoms with Crippen LogP contribution >= 0.6 is 0 Å². The number of fused-ring (bicyclic) bond motifs is 4. The number of para-hydroxylation sites is 1. The minimum atomic E-state index is -1.76. The lowest BCUT2D eigenvalue weighted by Crippen LogP contribution is -2.58. The van der Waals surface area contributed by atoms with Gasteiger partial charge >= 0.3 is 5.97 Å². The van der Waals surface area contributed by atoms with Gasteiger partial charge in [0.25, 0.3) is 0 Å². The second kappa shape index (κ2) is 18.7. The van der Waals surface area contributed by atoms with Gasteiger partial charge in [-0.3, -0.25) is 24.2 Å². The van der Waals surface area contributed by atoms with Crippen LogP contribution in [0, 0.1) is 17.8 Å². The molecule has 354 valence electrons. The zero-order valence-corrected chi connectivity index (χ0v) is 38.4. The SMILES string of the molecule is O=C1O[C@@H](c2ccccc2)[C@@H](c2ccccc2)N2[C@@H](c3ccccc3OCCO)[C@]3(C(=O)Nc4ccc(C#CC5(O)CCCCCC5)cc43)[C@@H](C(=O)N3CCN(Cc4ccc5c(c4)OCO5)CC3)[C@H]12. The lowest BCUT2D eigenvalue weighted by atomic mass is 9.64. The minimum absolute atomic E-state index is 0.0265. The van der Waals surface area contributed by atoms with Gasteiger partial charge in [-0.15, -0.1) is 0 Å². The number of hydrogen-bond acceptors (Lipinski definition) is 11. The number of benzene rings is 5. The van der Waals surface area contributed by atoms with Crippen molar-refractivity contribution in [1.82, 2.24) is 14.7 Å². The van der Waals surface area contributed by atoms with Crippen LogP contribution in [0.1, 0.15) is 90.1 Å². The number of esters is 1. The highest BCUT2D eigenvalue weighted by molar-refractivity contribution is 6.12. The molecule has 6 atom stereocenters. The minimum Gasteiger partial charge on any atom is -0.491 e. The van der Waals surface area contributed by atoms with Crippen molar-refractivity contribution in [3.63, 3.8) is 0 Å². The molecule has 0 bridgehead atoms. The van der Waals surface area contributed by atoms with Crippen LogP contribution in [0.3, 0.4) is 0 Å². The van der Waals surface area contributed by atoms with Crippen LogP contribution < -0.4 is 19.5 Å². The third kappa shape index (κ3) is 8.09. The number of aliphatic hydroxyl groups is 2. The molecular formula is C56H56N4O9. The van der Waals surface area contributed by atoms with Gasteiger partial charge in [0.05, 0.1) is 24.6 Å². The molecule has 3 saturated heterocycles. The van der Waals surface area contributed by atoms with E-state index >= 15 is 14.4 Å². The van der Waals surface area contributed by atoms with E-state index in [1.165, 1.54) is 0 Å². The van der Waals surface area contributed by atoms with Crippen molar-refractivity contribution >= 4 is 23.5 Å². The summed E-state index contributed by atoms with van der Waals surface area (Å²) >= 11 is 0. The molecule has 3 N–H and O–H groups in total. The molecule has 4 fully saturated rings. The number of piperazine rings is 1. The van der Waals surface area contributed by atoms with Gasteiger partial charge in [0, 0.05) is 49.5 Å². The summed E-state index contributed by atoms with van der Waals surface area (Å²) in [5.41, 5.74) is 1.93. The van der Waals surface area contributed by atoms with Gasteiger partial charge in [-0.1, -0.05) is 110 Å². The van der Waals surface area contributed by atoms with E-state index in [1.54, 1.807) is 6.07 Å². The lowest BCUT2D eigenvalue weighted by molar-refractivity contribution is -0.179. The van der Waals surface area contributed by atoms with E-state index in [0.717, 1.165) is 42.4 Å². The molecule has 11 rings (SSSR count). The number of carbonyl (C=O) groups excluding carboxylic acids is 3. The Bertz CT molecular complexity index is 2800. The summed E-state index contributed by atoms with van der Waals surface area (Å²) in [5, 5.41) is 25.0. The van der Waals surface area contributed by atoms with Gasteiger partial charge in [0.15, 0.2) is 11.5 Å². The zero-order chi connectivity index (χ0) is 47.1. The van der Waals surface area contributed by atoms with E-state index in [9.17, 15) is 10.2 Å². The van der Waals surface area contributed by atoms with Gasteiger partial charge < -0.3 is 39.4 Å². The smallest absolute Gasteiger partial charge is 0.324 e. The molecular weight excluding hydrogens is 873 g/mol. The van der Waals surface area contributed by atoms with Crippen molar-refractivity contribution in [2.45, 2.75) is 80.3 Å². The monoisotopic (exact) mass is 928 g/mol. The number of carbonyl (C=O) groups is 3. The molecule has 0 aromatic heterocycles. The molecule has 1 saturated carbocycles. The summed E-state index contributed by atoms with van der Waals surface area (Å²) in [5.74, 6) is 5.68. The Morgan fingerprint density at radius 3 is 2.25 bits per heavy atom. The third-order valence-electron chi connectivity index (χ3n) is 15.0. The molecule has 5 aromatic rings. The first-order chi connectivity index (χ1) is 33.8. The Morgan fingerprint density at radius 1 is 0.783 bits per heavy atom. The molecule has 5 aliphatic heterocycles. The van der Waals surface area contributed by atoms with Crippen LogP contribution in [0.25, 0.3) is 0 Å². The number of cyclic esters (lactones) is 1. The second-order valence-corrected chi connectivity index (χ2v) is 19.1. The quantitative estimate of drug-likeness (QED) is 0.0811. The lowest BCUT2D eigenvalue weighted by Gasteiger charge is -2.46. The van der Waals surface area contributed by atoms with Crippen molar-refractivity contribution in [2.75, 3.05) is 51.5 Å². The fourth-order valence-electron chi connectivity index (χ4n) is 11.9. The average molecular weight is 929 g/mol. The van der Waals surface area contributed by atoms with E-state index in [0.29, 0.717) is 85.2 Å². The van der Waals surface area contributed by atoms with Crippen LogP contribution in [-0.2, 0) is 31.1 Å². The summed E-state index contributed by atoms with van der Waals surface area (Å²) in [7, 11) is 0. The zero-order valence-electron chi connectivity index (χ0n) is 38.4. The first-order valence-corrected chi connectivity index (χ1v) is 24.3. The van der Waals surface area contributed by atoms with Crippen LogP contribution in [-0.4, -0.2) is 101 Å². The summed E-state index contributed by atoms with van der Waals surface area (Å²) in [6.07, 6.45) is 4.17. The largest absolute Gasteiger partial charge is 0.491 e. The maximum absolute atomic E-state index is 16.2. The molecule has 1 aliphatic carbocycles. The molecule has 0 radical (unpaired) electrons. The van der Waals surface area contributed by atoms with Crippen LogP contribution in [0.2, 0.25) is 0 Å². The highest BCUT2D eigenvalue weighted by atomic mass is 16.7. The van der Waals surface area contributed by atoms with Crippen molar-refractivity contribution in [2.24, 2.45) is 5.92 Å². The predicted molar refractivity (Wildman–Crippen MR) is 256 cm³/mol. The number of amides is 2. The number of nitrogens with one attached hydrogen (secondary N) is 1. The number of morpholine rings is 1. The molecule has 5 heterocycles. The standard InChI is InChI=1S/C56H56N4O9/c61-31-32-66-44-18-10-9-17-41(44)51-56(42-33-37(19-21-43(42)57-54(56)64)23-26-55(65)24-11-1-2-12-25-55)47(52(62)59-29-27-58(28-30-59)35-38-20-22-45-46(34-38)68-36-67-45)49-53(63)69-50(40-15-7-4-8-16-40)48(60(49)51)39-13-5-3-6-14-39/h3-10,13-22,33-34,47-51,61,65H,1-2,11-12,24-25,27-32,35-36H2,(H,57,64)/t47-,48-,49-,50+,51+,56-/m1/s1. The van der Waals surface area contributed by atoms with Crippen molar-refractivity contribution < 1.29 is 43.5 Å². The Labute approximate surface area is 401 Å². The summed E-state index contributed by atoms with van der Waals surface area (Å²) in [6.45, 7) is 2.35. The van der Waals surface area contributed by atoms with E-state index < -0.39 is 53.0 Å². The van der Waals surface area contributed by atoms with Gasteiger partial charge in [0.2, 0.25) is 18.6 Å². The van der Waals surface area contributed by atoms with Gasteiger partial charge in [-0.25, -0.2) is 0 Å². The Hall–Kier alpha value is -6.69. The molecule has 69 heavy (non-hydrogen) atoms. The molecule has 5 aromatic carbocycles. The Balaban J connectivity index is 1.09. The fourth-order valence-corrected chi connectivity index (χ4v) is 11.9. The average Bonchev–Trinajstić information content (AvgIpc) is 4.01. The van der Waals surface area contributed by atoms with Gasteiger partial charge in [0.1, 0.15) is 35.5 Å². The third-order valence-corrected chi connectivity index (χ3v) is 15.0. The van der Waals surface area contributed by atoms with E-state index in [2.05, 4.69) is 27.0 Å². The van der Waals surface area contributed by atoms with Crippen LogP contribution in [0.4, 0.5) is 5.69 Å². The molecule has 1 spiro atoms. The summed E-state index contributed by atoms with van der Waals surface area (Å²) < 4.78 is 24.2. The molecule has 2 amide bonds. The van der Waals surface area contributed by atoms with E-state index in [-0.39, 0.29) is 25.9 Å². The van der Waals surface area contributed by atoms with Crippen molar-refractivity contribution in [3.05, 3.63) is 155 Å². The van der Waals surface area contributed by atoms with Crippen LogP contribution in [0.15, 0.2) is 121 Å². The van der Waals surface area contributed by atoms with E-state index in [1.807, 2.05) is 120 Å². The van der Waals surface area contributed by atoms with Crippen molar-refractivity contribution in [3.8, 4) is 29.1 Å². The molecule has 6 aliphatic rings. The molecule has 0 unspecified atom stereocenters. The molecule has 13 nitrogen and oxygen atoms in total. The summed E-state index contributed by atoms with van der Waals surface area (Å²) in [6, 6.07) is 35.4. The predicted octanol–water partition coefficient (Wildman–Crippen LogP) is 6.84. The van der Waals surface area contributed by atoms with E-state index in [4.69, 9.17) is 18.9 Å². The topological polar surface area (TPSA) is 150 Å². The van der Waals surface area contributed by atoms with Gasteiger partial charge in [-0.2, -0.15) is 0 Å². The number of hydrogen-bond donors (Lipinski definition) is 3. The Morgan fingerprint density at radius 2 is 1.49 bits per heavy atom. The number of ether oxygens (including phenoxy) is 4. The first-order valence-electron chi connectivity index (χ1n) is 24.3. The van der Waals surface area contributed by atoms with Crippen molar-refractivity contribution in [1.29, 1.82) is 0 Å². The highest BCUT2D eigenvalue weighted by Crippen LogP contribution is 2.66. The number of aliphatic hydroxyl groups excluding tert-OH is 1. The van der Waals surface area contributed by atoms with Gasteiger partial charge in [-0.05, 0) is 84.3 Å². The normalized spacial score (nSPS) is 26.0. The first kappa shape index (κ1) is 44.8.